The van der Waals surface area contributed by atoms with Crippen molar-refractivity contribution in [2.45, 2.75) is 6.92 Å². The van der Waals surface area contributed by atoms with Crippen LogP contribution in [-0.2, 0) is 0 Å². The Hall–Kier alpha value is -2.08. The van der Waals surface area contributed by atoms with Gasteiger partial charge in [-0.15, -0.1) is 0 Å². The highest BCUT2D eigenvalue weighted by Gasteiger charge is 2.04. The lowest BCUT2D eigenvalue weighted by Gasteiger charge is -2.09. The van der Waals surface area contributed by atoms with Crippen LogP contribution in [0.25, 0.3) is 21.9 Å². The van der Waals surface area contributed by atoms with E-state index in [0.29, 0.717) is 0 Å². The lowest BCUT2D eigenvalue weighted by molar-refractivity contribution is 1.46. The number of hydrogen-bond donors (Lipinski definition) is 0. The van der Waals surface area contributed by atoms with Crippen LogP contribution in [0, 0.1) is 13.0 Å². The summed E-state index contributed by atoms with van der Waals surface area (Å²) in [4.78, 5) is 0. The summed E-state index contributed by atoms with van der Waals surface area (Å²) in [6.45, 7) is 2.13. The van der Waals surface area contributed by atoms with Gasteiger partial charge in [0.25, 0.3) is 0 Å². The number of aryl methyl sites for hydroxylation is 1. The van der Waals surface area contributed by atoms with Crippen LogP contribution >= 0.6 is 0 Å². The van der Waals surface area contributed by atoms with Crippen molar-refractivity contribution < 1.29 is 0 Å². The Morgan fingerprint density at radius 1 is 0.824 bits per heavy atom. The minimum absolute atomic E-state index is 1.27. The standard InChI is InChI=1S/C17H13/c1-13-7-2-4-10-15(13)17-12-6-9-14-8-3-5-11-16(14)17/h3-12H,1H3. The summed E-state index contributed by atoms with van der Waals surface area (Å²) in [5.74, 6) is 0. The highest BCUT2D eigenvalue weighted by Crippen LogP contribution is 2.30. The smallest absolute Gasteiger partial charge is 0.0103 e. The van der Waals surface area contributed by atoms with Crippen molar-refractivity contribution in [2.75, 3.05) is 0 Å². The molecule has 3 rings (SSSR count). The predicted octanol–water partition coefficient (Wildman–Crippen LogP) is 4.62. The van der Waals surface area contributed by atoms with Crippen LogP contribution in [0.3, 0.4) is 0 Å². The Morgan fingerprint density at radius 2 is 1.65 bits per heavy atom. The molecule has 0 aliphatic carbocycles. The largest absolute Gasteiger partial charge is 0.0616 e. The topological polar surface area (TPSA) is 0 Å². The Labute approximate surface area is 102 Å². The Bertz CT molecular complexity index is 660. The first-order valence-electron chi connectivity index (χ1n) is 5.81. The van der Waals surface area contributed by atoms with E-state index in [-0.39, 0.29) is 0 Å². The molecule has 0 spiro atoms. The van der Waals surface area contributed by atoms with Gasteiger partial charge in [-0.25, -0.2) is 0 Å². The molecule has 0 N–H and O–H groups in total. The van der Waals surface area contributed by atoms with Gasteiger partial charge >= 0.3 is 0 Å². The summed E-state index contributed by atoms with van der Waals surface area (Å²) in [5.41, 5.74) is 3.86. The molecule has 0 aromatic heterocycles. The third-order valence-corrected chi connectivity index (χ3v) is 3.15. The van der Waals surface area contributed by atoms with Crippen LogP contribution in [0.15, 0.2) is 60.7 Å². The maximum absolute atomic E-state index is 3.12. The normalized spacial score (nSPS) is 10.6. The van der Waals surface area contributed by atoms with Crippen LogP contribution in [0.4, 0.5) is 0 Å². The monoisotopic (exact) mass is 217 g/mol. The summed E-state index contributed by atoms with van der Waals surface area (Å²) < 4.78 is 0. The van der Waals surface area contributed by atoms with Crippen LogP contribution in [0.1, 0.15) is 5.56 Å². The van der Waals surface area contributed by atoms with Gasteiger partial charge < -0.3 is 0 Å². The first-order chi connectivity index (χ1) is 8.36. The van der Waals surface area contributed by atoms with Crippen molar-refractivity contribution in [1.82, 2.24) is 0 Å². The maximum Gasteiger partial charge on any atom is -0.0103 e. The molecule has 3 aromatic rings. The molecule has 3 aromatic carbocycles. The first-order valence-corrected chi connectivity index (χ1v) is 5.81. The molecule has 1 radical (unpaired) electrons. The van der Waals surface area contributed by atoms with Gasteiger partial charge in [0.1, 0.15) is 0 Å². The SMILES string of the molecule is Cc1c[c]ccc1-c1cccc2ccccc12. The molecule has 0 amide bonds. The molecule has 0 bridgehead atoms. The lowest BCUT2D eigenvalue weighted by atomic mass is 9.95. The molecule has 0 nitrogen and oxygen atoms in total. The van der Waals surface area contributed by atoms with E-state index in [0.717, 1.165) is 0 Å². The number of hydrogen-bond acceptors (Lipinski definition) is 0. The average molecular weight is 217 g/mol. The van der Waals surface area contributed by atoms with Gasteiger partial charge in [-0.05, 0) is 40.5 Å². The zero-order valence-electron chi connectivity index (χ0n) is 9.77. The molecule has 0 unspecified atom stereocenters. The molecule has 0 fully saturated rings. The maximum atomic E-state index is 3.12. The number of rotatable bonds is 1. The van der Waals surface area contributed by atoms with Gasteiger partial charge in [-0.3, -0.25) is 0 Å². The summed E-state index contributed by atoms with van der Waals surface area (Å²) in [6, 6.07) is 24.2. The van der Waals surface area contributed by atoms with E-state index in [4.69, 9.17) is 0 Å². The second-order valence-corrected chi connectivity index (χ2v) is 4.27. The van der Waals surface area contributed by atoms with Crippen molar-refractivity contribution >= 4 is 10.8 Å². The van der Waals surface area contributed by atoms with Crippen LogP contribution in [-0.4, -0.2) is 0 Å². The minimum atomic E-state index is 1.27. The highest BCUT2D eigenvalue weighted by molar-refractivity contribution is 5.97. The van der Waals surface area contributed by atoms with Gasteiger partial charge in [0.05, 0.1) is 0 Å². The van der Waals surface area contributed by atoms with Gasteiger partial charge in [-0.1, -0.05) is 60.7 Å². The van der Waals surface area contributed by atoms with E-state index >= 15 is 0 Å². The van der Waals surface area contributed by atoms with Gasteiger partial charge in [0.2, 0.25) is 0 Å². The Kier molecular flexibility index (Phi) is 2.41. The van der Waals surface area contributed by atoms with E-state index in [1.807, 2.05) is 12.1 Å². The summed E-state index contributed by atoms with van der Waals surface area (Å²) >= 11 is 0. The molecule has 0 aliphatic heterocycles. The van der Waals surface area contributed by atoms with Crippen molar-refractivity contribution in [3.05, 3.63) is 72.3 Å². The zero-order valence-corrected chi connectivity index (χ0v) is 9.77. The zero-order chi connectivity index (χ0) is 11.7. The molecule has 0 heterocycles. The average Bonchev–Trinajstić information content (AvgIpc) is 2.39. The fourth-order valence-corrected chi connectivity index (χ4v) is 2.28. The molecular weight excluding hydrogens is 204 g/mol. The van der Waals surface area contributed by atoms with Crippen molar-refractivity contribution in [3.8, 4) is 11.1 Å². The summed E-state index contributed by atoms with van der Waals surface area (Å²) in [5, 5.41) is 2.60. The number of fused-ring (bicyclic) bond motifs is 1. The fraction of sp³-hybridized carbons (Fsp3) is 0.0588. The summed E-state index contributed by atoms with van der Waals surface area (Å²) in [6.07, 6.45) is 0. The second kappa shape index (κ2) is 4.06. The third-order valence-electron chi connectivity index (χ3n) is 3.15. The van der Waals surface area contributed by atoms with E-state index in [1.54, 1.807) is 0 Å². The molecule has 0 atom stereocenters. The van der Waals surface area contributed by atoms with Crippen LogP contribution < -0.4 is 0 Å². The molecular formula is C17H13. The molecule has 17 heavy (non-hydrogen) atoms. The van der Waals surface area contributed by atoms with Gasteiger partial charge in [0.15, 0.2) is 0 Å². The van der Waals surface area contributed by atoms with E-state index in [9.17, 15) is 0 Å². The quantitative estimate of drug-likeness (QED) is 0.558. The van der Waals surface area contributed by atoms with Crippen molar-refractivity contribution in [2.24, 2.45) is 0 Å². The first kappa shape index (κ1) is 10.1. The van der Waals surface area contributed by atoms with E-state index in [2.05, 4.69) is 61.5 Å². The minimum Gasteiger partial charge on any atom is -0.0616 e. The molecule has 81 valence electrons. The van der Waals surface area contributed by atoms with Gasteiger partial charge in [0, 0.05) is 0 Å². The van der Waals surface area contributed by atoms with Crippen LogP contribution in [0.5, 0.6) is 0 Å². The van der Waals surface area contributed by atoms with Crippen molar-refractivity contribution in [3.63, 3.8) is 0 Å². The lowest BCUT2D eigenvalue weighted by Crippen LogP contribution is -1.84. The molecule has 0 saturated carbocycles. The molecule has 0 saturated heterocycles. The molecule has 0 heteroatoms. The molecule has 0 aliphatic rings. The second-order valence-electron chi connectivity index (χ2n) is 4.27. The highest BCUT2D eigenvalue weighted by atomic mass is 14.1. The Balaban J connectivity index is 2.35. The Morgan fingerprint density at radius 3 is 2.53 bits per heavy atom. The van der Waals surface area contributed by atoms with E-state index in [1.165, 1.54) is 27.5 Å². The fourth-order valence-electron chi connectivity index (χ4n) is 2.28. The van der Waals surface area contributed by atoms with Gasteiger partial charge in [-0.2, -0.15) is 0 Å². The summed E-state index contributed by atoms with van der Waals surface area (Å²) in [7, 11) is 0. The number of benzene rings is 3. The van der Waals surface area contributed by atoms with Crippen LogP contribution in [0.2, 0.25) is 0 Å². The van der Waals surface area contributed by atoms with Crippen molar-refractivity contribution in [1.29, 1.82) is 0 Å². The van der Waals surface area contributed by atoms with E-state index < -0.39 is 0 Å². The third kappa shape index (κ3) is 1.72. The predicted molar refractivity (Wildman–Crippen MR) is 73.0 cm³/mol.